The van der Waals surface area contributed by atoms with Crippen LogP contribution in [0.1, 0.15) is 6.04 Å². The first kappa shape index (κ1) is 13.2. The SMILES string of the molecule is O[C@@H]1CO[C@H]2[C@H]1OC[C@H]2n1nnnc1Sc1ccccc1. The minimum absolute atomic E-state index is 0.103. The lowest BCUT2D eigenvalue weighted by atomic mass is 10.1. The topological polar surface area (TPSA) is 82.3 Å². The lowest BCUT2D eigenvalue weighted by molar-refractivity contribution is 0.0167. The molecule has 2 aliphatic rings. The van der Waals surface area contributed by atoms with Crippen molar-refractivity contribution in [2.75, 3.05) is 13.2 Å². The maximum absolute atomic E-state index is 9.80. The highest BCUT2D eigenvalue weighted by molar-refractivity contribution is 7.99. The van der Waals surface area contributed by atoms with Crippen LogP contribution in [0.3, 0.4) is 0 Å². The molecule has 0 saturated carbocycles. The van der Waals surface area contributed by atoms with Crippen molar-refractivity contribution in [3.63, 3.8) is 0 Å². The summed E-state index contributed by atoms with van der Waals surface area (Å²) in [7, 11) is 0. The number of fused-ring (bicyclic) bond motifs is 1. The van der Waals surface area contributed by atoms with Crippen LogP contribution in [-0.2, 0) is 9.47 Å². The third-order valence-corrected chi connectivity index (χ3v) is 4.69. The Bertz CT molecular complexity index is 623. The van der Waals surface area contributed by atoms with Crippen LogP contribution in [0.15, 0.2) is 40.4 Å². The summed E-state index contributed by atoms with van der Waals surface area (Å²) in [6.07, 6.45) is -1.05. The van der Waals surface area contributed by atoms with Gasteiger partial charge >= 0.3 is 0 Å². The van der Waals surface area contributed by atoms with Gasteiger partial charge in [0.1, 0.15) is 24.4 Å². The van der Waals surface area contributed by atoms with E-state index in [4.69, 9.17) is 9.47 Å². The zero-order valence-corrected chi connectivity index (χ0v) is 11.9. The van der Waals surface area contributed by atoms with Gasteiger partial charge in [0.15, 0.2) is 0 Å². The second kappa shape index (κ2) is 5.38. The zero-order valence-electron chi connectivity index (χ0n) is 11.1. The van der Waals surface area contributed by atoms with Gasteiger partial charge < -0.3 is 14.6 Å². The fourth-order valence-corrected chi connectivity index (χ4v) is 3.57. The van der Waals surface area contributed by atoms with Gasteiger partial charge in [-0.3, -0.25) is 0 Å². The number of aromatic nitrogens is 4. The molecule has 4 rings (SSSR count). The minimum atomic E-state index is -0.568. The number of hydrogen-bond acceptors (Lipinski definition) is 7. The molecule has 0 unspecified atom stereocenters. The molecule has 8 heteroatoms. The summed E-state index contributed by atoms with van der Waals surface area (Å²) >= 11 is 1.50. The summed E-state index contributed by atoms with van der Waals surface area (Å²) in [5.41, 5.74) is 0. The lowest BCUT2D eigenvalue weighted by Gasteiger charge is -2.16. The number of rotatable bonds is 3. The monoisotopic (exact) mass is 306 g/mol. The van der Waals surface area contributed by atoms with E-state index in [9.17, 15) is 5.11 Å². The van der Waals surface area contributed by atoms with Gasteiger partial charge in [0.05, 0.1) is 13.2 Å². The van der Waals surface area contributed by atoms with Crippen molar-refractivity contribution >= 4 is 11.8 Å². The van der Waals surface area contributed by atoms with Crippen LogP contribution < -0.4 is 0 Å². The molecular weight excluding hydrogens is 292 g/mol. The van der Waals surface area contributed by atoms with Gasteiger partial charge in [-0.1, -0.05) is 18.2 Å². The van der Waals surface area contributed by atoms with E-state index >= 15 is 0 Å². The zero-order chi connectivity index (χ0) is 14.2. The van der Waals surface area contributed by atoms with Crippen molar-refractivity contribution in [2.45, 2.75) is 34.4 Å². The number of nitrogens with zero attached hydrogens (tertiary/aromatic N) is 4. The molecule has 2 saturated heterocycles. The van der Waals surface area contributed by atoms with E-state index in [1.165, 1.54) is 11.8 Å². The summed E-state index contributed by atoms with van der Waals surface area (Å²) in [6, 6.07) is 9.83. The normalized spacial score (nSPS) is 31.5. The molecule has 3 heterocycles. The fraction of sp³-hybridized carbons (Fsp3) is 0.462. The molecule has 0 aliphatic carbocycles. The van der Waals surface area contributed by atoms with E-state index in [1.54, 1.807) is 4.68 Å². The van der Waals surface area contributed by atoms with Crippen molar-refractivity contribution in [2.24, 2.45) is 0 Å². The number of aliphatic hydroxyl groups is 1. The molecule has 4 atom stereocenters. The summed E-state index contributed by atoms with van der Waals surface area (Å²) in [4.78, 5) is 1.07. The van der Waals surface area contributed by atoms with Gasteiger partial charge in [-0.2, -0.15) is 0 Å². The Hall–Kier alpha value is -1.48. The van der Waals surface area contributed by atoms with E-state index in [0.29, 0.717) is 18.4 Å². The minimum Gasteiger partial charge on any atom is -0.388 e. The molecule has 1 aromatic carbocycles. The molecule has 2 aliphatic heterocycles. The quantitative estimate of drug-likeness (QED) is 0.885. The van der Waals surface area contributed by atoms with Crippen molar-refractivity contribution < 1.29 is 14.6 Å². The summed E-state index contributed by atoms with van der Waals surface area (Å²) in [5, 5.41) is 22.4. The fourth-order valence-electron chi connectivity index (χ4n) is 2.72. The molecule has 0 spiro atoms. The number of tetrazole rings is 1. The van der Waals surface area contributed by atoms with Gasteiger partial charge in [-0.15, -0.1) is 5.10 Å². The maximum atomic E-state index is 9.80. The molecule has 2 aromatic rings. The first-order valence-corrected chi connectivity index (χ1v) is 7.56. The van der Waals surface area contributed by atoms with E-state index in [-0.39, 0.29) is 18.2 Å². The van der Waals surface area contributed by atoms with E-state index in [0.717, 1.165) is 4.90 Å². The molecule has 2 fully saturated rings. The second-order valence-corrected chi connectivity index (χ2v) is 6.09. The Morgan fingerprint density at radius 2 is 1.95 bits per heavy atom. The standard InChI is InChI=1S/C13H14N4O3S/c18-10-7-20-11-9(6-19-12(10)11)17-13(14-15-16-17)21-8-4-2-1-3-5-8/h1-5,9-12,18H,6-7H2/t9-,10-,11-,12+/m1/s1. The Morgan fingerprint density at radius 3 is 2.81 bits per heavy atom. The molecule has 1 N–H and O–H groups in total. The summed E-state index contributed by atoms with van der Waals surface area (Å²) in [5.74, 6) is 0. The van der Waals surface area contributed by atoms with Gasteiger partial charge in [0.25, 0.3) is 0 Å². The predicted molar refractivity (Wildman–Crippen MR) is 72.9 cm³/mol. The Balaban J connectivity index is 1.58. The van der Waals surface area contributed by atoms with Crippen LogP contribution in [0.5, 0.6) is 0 Å². The summed E-state index contributed by atoms with van der Waals surface area (Å²) in [6.45, 7) is 0.745. The highest BCUT2D eigenvalue weighted by Gasteiger charge is 2.49. The van der Waals surface area contributed by atoms with Crippen molar-refractivity contribution in [3.05, 3.63) is 30.3 Å². The molecule has 0 bridgehead atoms. The first-order chi connectivity index (χ1) is 10.3. The van der Waals surface area contributed by atoms with Crippen LogP contribution in [0.2, 0.25) is 0 Å². The number of ether oxygens (including phenoxy) is 2. The number of hydrogen-bond donors (Lipinski definition) is 1. The second-order valence-electron chi connectivity index (χ2n) is 5.05. The lowest BCUT2D eigenvalue weighted by Crippen LogP contribution is -2.30. The van der Waals surface area contributed by atoms with Crippen LogP contribution in [0, 0.1) is 0 Å². The molecule has 21 heavy (non-hydrogen) atoms. The maximum Gasteiger partial charge on any atom is 0.214 e. The van der Waals surface area contributed by atoms with E-state index < -0.39 is 6.10 Å². The third kappa shape index (κ3) is 2.34. The van der Waals surface area contributed by atoms with Crippen LogP contribution in [-0.4, -0.2) is 56.8 Å². The largest absolute Gasteiger partial charge is 0.388 e. The van der Waals surface area contributed by atoms with Crippen molar-refractivity contribution in [3.8, 4) is 0 Å². The average molecular weight is 306 g/mol. The van der Waals surface area contributed by atoms with Crippen molar-refractivity contribution in [1.29, 1.82) is 0 Å². The Kier molecular flexibility index (Phi) is 3.38. The van der Waals surface area contributed by atoms with Crippen molar-refractivity contribution in [1.82, 2.24) is 20.2 Å². The smallest absolute Gasteiger partial charge is 0.214 e. The molecule has 110 valence electrons. The predicted octanol–water partition coefficient (Wildman–Crippen LogP) is 0.524. The van der Waals surface area contributed by atoms with Crippen LogP contribution in [0.4, 0.5) is 0 Å². The average Bonchev–Trinajstić information content (AvgIpc) is 3.19. The van der Waals surface area contributed by atoms with Crippen LogP contribution >= 0.6 is 11.8 Å². The van der Waals surface area contributed by atoms with Gasteiger partial charge in [-0.05, 0) is 34.3 Å². The molecule has 0 amide bonds. The number of benzene rings is 1. The van der Waals surface area contributed by atoms with E-state index in [1.807, 2.05) is 30.3 Å². The van der Waals surface area contributed by atoms with Gasteiger partial charge in [0.2, 0.25) is 5.16 Å². The van der Waals surface area contributed by atoms with Gasteiger partial charge in [0, 0.05) is 4.90 Å². The van der Waals surface area contributed by atoms with E-state index in [2.05, 4.69) is 15.5 Å². The molecule has 0 radical (unpaired) electrons. The van der Waals surface area contributed by atoms with Gasteiger partial charge in [-0.25, -0.2) is 4.68 Å². The van der Waals surface area contributed by atoms with Crippen LogP contribution in [0.25, 0.3) is 0 Å². The summed E-state index contributed by atoms with van der Waals surface area (Å²) < 4.78 is 13.0. The highest BCUT2D eigenvalue weighted by Crippen LogP contribution is 2.36. The Labute approximate surface area is 125 Å². The first-order valence-electron chi connectivity index (χ1n) is 6.75. The third-order valence-electron chi connectivity index (χ3n) is 3.73. The molecule has 7 nitrogen and oxygen atoms in total. The highest BCUT2D eigenvalue weighted by atomic mass is 32.2. The Morgan fingerprint density at radius 1 is 1.14 bits per heavy atom. The number of aliphatic hydroxyl groups excluding tert-OH is 1. The molecule has 1 aromatic heterocycles. The molecular formula is C13H14N4O3S.